The van der Waals surface area contributed by atoms with Gasteiger partial charge < -0.3 is 4.90 Å². The SMILES string of the molecule is C#CC1CCCN(C(=O)C(Br)C(C)C)C1. The monoisotopic (exact) mass is 271 g/mol. The molecule has 2 nitrogen and oxygen atoms in total. The fourth-order valence-corrected chi connectivity index (χ4v) is 2.06. The van der Waals surface area contributed by atoms with E-state index in [0.29, 0.717) is 5.92 Å². The van der Waals surface area contributed by atoms with Crippen LogP contribution in [-0.2, 0) is 4.79 Å². The first-order valence-corrected chi connectivity index (χ1v) is 6.36. The van der Waals surface area contributed by atoms with E-state index in [4.69, 9.17) is 6.42 Å². The molecule has 1 rings (SSSR count). The Morgan fingerprint density at radius 2 is 2.27 bits per heavy atom. The van der Waals surface area contributed by atoms with E-state index < -0.39 is 0 Å². The molecule has 1 aliphatic heterocycles. The number of terminal acetylenes is 1. The number of halogens is 1. The van der Waals surface area contributed by atoms with Crippen molar-refractivity contribution in [3.63, 3.8) is 0 Å². The van der Waals surface area contributed by atoms with E-state index in [9.17, 15) is 4.79 Å². The largest absolute Gasteiger partial charge is 0.340 e. The predicted molar refractivity (Wildman–Crippen MR) is 65.7 cm³/mol. The Morgan fingerprint density at radius 3 is 2.80 bits per heavy atom. The second-order valence-electron chi connectivity index (χ2n) is 4.44. The summed E-state index contributed by atoms with van der Waals surface area (Å²) in [5, 5.41) is 0. The molecule has 84 valence electrons. The van der Waals surface area contributed by atoms with Crippen LogP contribution in [0.2, 0.25) is 0 Å². The zero-order valence-electron chi connectivity index (χ0n) is 9.37. The standard InChI is InChI=1S/C12H18BrNO/c1-4-10-6-5-7-14(8-10)12(15)11(13)9(2)3/h1,9-11H,5-8H2,2-3H3. The van der Waals surface area contributed by atoms with Gasteiger partial charge in [-0.3, -0.25) is 4.79 Å². The molecule has 0 saturated carbocycles. The number of carbonyl (C=O) groups is 1. The summed E-state index contributed by atoms with van der Waals surface area (Å²) in [5.74, 6) is 3.50. The lowest BCUT2D eigenvalue weighted by molar-refractivity contribution is -0.132. The first kappa shape index (κ1) is 12.6. The van der Waals surface area contributed by atoms with Crippen molar-refractivity contribution >= 4 is 21.8 Å². The second kappa shape index (κ2) is 5.55. The summed E-state index contributed by atoms with van der Waals surface area (Å²) in [6, 6.07) is 0. The van der Waals surface area contributed by atoms with Gasteiger partial charge in [-0.2, -0.15) is 0 Å². The third-order valence-electron chi connectivity index (χ3n) is 2.79. The van der Waals surface area contributed by atoms with E-state index in [1.54, 1.807) is 0 Å². The summed E-state index contributed by atoms with van der Waals surface area (Å²) >= 11 is 3.44. The molecule has 3 heteroatoms. The minimum absolute atomic E-state index is 0.0750. The van der Waals surface area contributed by atoms with Crippen LogP contribution in [-0.4, -0.2) is 28.7 Å². The fraction of sp³-hybridized carbons (Fsp3) is 0.750. The van der Waals surface area contributed by atoms with E-state index in [1.807, 2.05) is 18.7 Å². The molecule has 2 unspecified atom stereocenters. The molecule has 1 amide bonds. The molecule has 1 heterocycles. The molecule has 0 aromatic carbocycles. The number of carbonyl (C=O) groups excluding carboxylic acids is 1. The Bertz CT molecular complexity index is 269. The number of likely N-dealkylation sites (tertiary alicyclic amines) is 1. The molecular weight excluding hydrogens is 254 g/mol. The van der Waals surface area contributed by atoms with Gasteiger partial charge in [0.1, 0.15) is 0 Å². The fourth-order valence-electron chi connectivity index (χ4n) is 1.77. The first-order chi connectivity index (χ1) is 7.06. The average molecular weight is 272 g/mol. The molecule has 1 saturated heterocycles. The van der Waals surface area contributed by atoms with Crippen LogP contribution in [0.3, 0.4) is 0 Å². The highest BCUT2D eigenvalue weighted by molar-refractivity contribution is 9.10. The van der Waals surface area contributed by atoms with Gasteiger partial charge in [0.25, 0.3) is 0 Å². The molecule has 2 atom stereocenters. The molecule has 0 radical (unpaired) electrons. The van der Waals surface area contributed by atoms with Crippen molar-refractivity contribution in [1.82, 2.24) is 4.90 Å². The van der Waals surface area contributed by atoms with Crippen LogP contribution < -0.4 is 0 Å². The zero-order valence-corrected chi connectivity index (χ0v) is 11.0. The molecule has 0 spiro atoms. The zero-order chi connectivity index (χ0) is 11.4. The summed E-state index contributed by atoms with van der Waals surface area (Å²) in [4.78, 5) is 13.8. The number of rotatable bonds is 2. The van der Waals surface area contributed by atoms with Gasteiger partial charge in [-0.05, 0) is 18.8 Å². The second-order valence-corrected chi connectivity index (χ2v) is 5.42. The molecule has 1 fully saturated rings. The van der Waals surface area contributed by atoms with Crippen molar-refractivity contribution in [2.24, 2.45) is 11.8 Å². The van der Waals surface area contributed by atoms with Gasteiger partial charge in [0.15, 0.2) is 0 Å². The molecule has 0 aromatic heterocycles. The Hall–Kier alpha value is -0.490. The number of piperidine rings is 1. The van der Waals surface area contributed by atoms with E-state index in [1.165, 1.54) is 0 Å². The van der Waals surface area contributed by atoms with Crippen LogP contribution in [0, 0.1) is 24.2 Å². The van der Waals surface area contributed by atoms with Gasteiger partial charge in [0, 0.05) is 19.0 Å². The highest BCUT2D eigenvalue weighted by Crippen LogP contribution is 2.21. The van der Waals surface area contributed by atoms with Crippen molar-refractivity contribution in [3.8, 4) is 12.3 Å². The van der Waals surface area contributed by atoms with Crippen molar-refractivity contribution in [2.75, 3.05) is 13.1 Å². The molecule has 15 heavy (non-hydrogen) atoms. The maximum Gasteiger partial charge on any atom is 0.236 e. The van der Waals surface area contributed by atoms with Crippen molar-refractivity contribution in [1.29, 1.82) is 0 Å². The number of hydrogen-bond donors (Lipinski definition) is 0. The number of nitrogens with zero attached hydrogens (tertiary/aromatic N) is 1. The average Bonchev–Trinajstić information content (AvgIpc) is 2.27. The van der Waals surface area contributed by atoms with Crippen molar-refractivity contribution in [2.45, 2.75) is 31.5 Å². The summed E-state index contributed by atoms with van der Waals surface area (Å²) in [5.41, 5.74) is 0. The van der Waals surface area contributed by atoms with Gasteiger partial charge in [-0.25, -0.2) is 0 Å². The summed E-state index contributed by atoms with van der Waals surface area (Å²) in [7, 11) is 0. The lowest BCUT2D eigenvalue weighted by Gasteiger charge is -2.32. The van der Waals surface area contributed by atoms with Crippen LogP contribution >= 0.6 is 15.9 Å². The summed E-state index contributed by atoms with van der Waals surface area (Å²) < 4.78 is 0. The third-order valence-corrected chi connectivity index (χ3v) is 4.24. The van der Waals surface area contributed by atoms with Gasteiger partial charge in [-0.15, -0.1) is 12.3 Å². The Morgan fingerprint density at radius 1 is 1.60 bits per heavy atom. The summed E-state index contributed by atoms with van der Waals surface area (Å²) in [6.45, 7) is 5.66. The predicted octanol–water partition coefficient (Wildman–Crippen LogP) is 2.28. The Kier molecular flexibility index (Phi) is 4.66. The quantitative estimate of drug-likeness (QED) is 0.558. The normalized spacial score (nSPS) is 23.7. The number of alkyl halides is 1. The van der Waals surface area contributed by atoms with Gasteiger partial charge >= 0.3 is 0 Å². The minimum Gasteiger partial charge on any atom is -0.340 e. The third kappa shape index (κ3) is 3.24. The summed E-state index contributed by atoms with van der Waals surface area (Å²) in [6.07, 6.45) is 7.48. The maximum absolute atomic E-state index is 12.0. The smallest absolute Gasteiger partial charge is 0.236 e. The van der Waals surface area contributed by atoms with E-state index >= 15 is 0 Å². The van der Waals surface area contributed by atoms with Crippen LogP contribution in [0.1, 0.15) is 26.7 Å². The molecule has 0 N–H and O–H groups in total. The molecule has 1 aliphatic rings. The first-order valence-electron chi connectivity index (χ1n) is 5.45. The van der Waals surface area contributed by atoms with Gasteiger partial charge in [0.05, 0.1) is 4.83 Å². The van der Waals surface area contributed by atoms with Crippen molar-refractivity contribution in [3.05, 3.63) is 0 Å². The Balaban J connectivity index is 2.57. The lowest BCUT2D eigenvalue weighted by atomic mass is 9.98. The molecular formula is C12H18BrNO. The number of amides is 1. The Labute approximate surface area is 101 Å². The maximum atomic E-state index is 12.0. The topological polar surface area (TPSA) is 20.3 Å². The van der Waals surface area contributed by atoms with Crippen molar-refractivity contribution < 1.29 is 4.79 Å². The minimum atomic E-state index is -0.0750. The van der Waals surface area contributed by atoms with E-state index in [2.05, 4.69) is 21.9 Å². The van der Waals surface area contributed by atoms with Gasteiger partial charge in [-0.1, -0.05) is 29.8 Å². The van der Waals surface area contributed by atoms with Crippen LogP contribution in [0.25, 0.3) is 0 Å². The van der Waals surface area contributed by atoms with Gasteiger partial charge in [0.2, 0.25) is 5.91 Å². The molecule has 0 aromatic rings. The molecule has 0 aliphatic carbocycles. The van der Waals surface area contributed by atoms with E-state index in [-0.39, 0.29) is 16.7 Å². The van der Waals surface area contributed by atoms with Crippen LogP contribution in [0.4, 0.5) is 0 Å². The highest BCUT2D eigenvalue weighted by atomic mass is 79.9. The van der Waals surface area contributed by atoms with E-state index in [0.717, 1.165) is 25.9 Å². The molecule has 0 bridgehead atoms. The lowest BCUT2D eigenvalue weighted by Crippen LogP contribution is -2.44. The van der Waals surface area contributed by atoms with Crippen LogP contribution in [0.15, 0.2) is 0 Å². The van der Waals surface area contributed by atoms with Crippen LogP contribution in [0.5, 0.6) is 0 Å². The highest BCUT2D eigenvalue weighted by Gasteiger charge is 2.28. The number of hydrogen-bond acceptors (Lipinski definition) is 1.